The highest BCUT2D eigenvalue weighted by atomic mass is 15.2. The highest BCUT2D eigenvalue weighted by Gasteiger charge is 2.49. The van der Waals surface area contributed by atoms with E-state index in [-0.39, 0.29) is 5.41 Å². The first-order valence-electron chi connectivity index (χ1n) is 27.2. The molecular weight excluding hydrogens is 881 g/mol. The standard InChI is InChI=1S/C71H66N2/c1-48-4-8-51(9-5-48)53-12-16-55(17-13-53)57-20-24-61(25-21-57)69-62-36-42-73(43-37-62)70(69)63-26-22-59(23-27-63)64-44-50(3)45-65(46-64)60-30-34-67(35-31-60)71(47-72-40-38-68(71)39-41-72)66-32-28-58(29-33-66)56-18-14-54(15-19-56)52-10-6-49(2)7-11-52/h4-35,44-46,62,68-70H,36-43,47H2,1-3H3. The van der Waals surface area contributed by atoms with Crippen LogP contribution in [0.2, 0.25) is 0 Å². The summed E-state index contributed by atoms with van der Waals surface area (Å²) in [7, 11) is 0. The molecule has 360 valence electrons. The molecule has 9 aromatic carbocycles. The van der Waals surface area contributed by atoms with Crippen LogP contribution < -0.4 is 0 Å². The predicted octanol–water partition coefficient (Wildman–Crippen LogP) is 17.2. The molecule has 6 heterocycles. The first-order valence-corrected chi connectivity index (χ1v) is 27.2. The minimum absolute atomic E-state index is 0.0193. The maximum absolute atomic E-state index is 2.77. The Labute approximate surface area is 434 Å². The Morgan fingerprint density at radius 2 is 0.671 bits per heavy atom. The zero-order chi connectivity index (χ0) is 49.0. The van der Waals surface area contributed by atoms with Crippen LogP contribution in [0.1, 0.15) is 76.6 Å². The maximum atomic E-state index is 2.77. The quantitative estimate of drug-likeness (QED) is 0.135. The molecular formula is C71H66N2. The fourth-order valence-corrected chi connectivity index (χ4v) is 13.8. The Morgan fingerprint density at radius 1 is 0.329 bits per heavy atom. The molecule has 3 unspecified atom stereocenters. The molecule has 0 N–H and O–H groups in total. The van der Waals surface area contributed by atoms with Crippen LogP contribution in [0.4, 0.5) is 0 Å². The molecule has 0 saturated carbocycles. The largest absolute Gasteiger partial charge is 0.302 e. The van der Waals surface area contributed by atoms with Gasteiger partial charge in [0.1, 0.15) is 0 Å². The van der Waals surface area contributed by atoms with Gasteiger partial charge in [-0.3, -0.25) is 4.90 Å². The number of fused-ring (bicyclic) bond motifs is 6. The number of rotatable bonds is 10. The van der Waals surface area contributed by atoms with E-state index in [0.717, 1.165) is 6.54 Å². The summed E-state index contributed by atoms with van der Waals surface area (Å²) >= 11 is 0. The van der Waals surface area contributed by atoms with Crippen LogP contribution in [0.5, 0.6) is 0 Å². The maximum Gasteiger partial charge on any atom is 0.0419 e. The molecule has 4 bridgehead atoms. The smallest absolute Gasteiger partial charge is 0.0419 e. The lowest BCUT2D eigenvalue weighted by Gasteiger charge is -2.54. The number of hydrogen-bond donors (Lipinski definition) is 0. The van der Waals surface area contributed by atoms with Gasteiger partial charge in [-0.15, -0.1) is 0 Å². The molecule has 15 rings (SSSR count). The second kappa shape index (κ2) is 19.1. The van der Waals surface area contributed by atoms with Gasteiger partial charge in [-0.25, -0.2) is 0 Å². The molecule has 0 aliphatic carbocycles. The molecule has 9 aromatic rings. The average Bonchev–Trinajstić information content (AvgIpc) is 3.46. The van der Waals surface area contributed by atoms with Crippen LogP contribution in [-0.2, 0) is 5.41 Å². The summed E-state index contributed by atoms with van der Waals surface area (Å²) in [6.07, 6.45) is 5.07. The zero-order valence-corrected chi connectivity index (χ0v) is 42.8. The van der Waals surface area contributed by atoms with E-state index in [1.54, 1.807) is 0 Å². The Bertz CT molecular complexity index is 3350. The summed E-state index contributed by atoms with van der Waals surface area (Å²) in [5, 5.41) is 0. The van der Waals surface area contributed by atoms with Crippen molar-refractivity contribution in [2.24, 2.45) is 11.8 Å². The van der Waals surface area contributed by atoms with Gasteiger partial charge in [0.15, 0.2) is 0 Å². The molecule has 0 aromatic heterocycles. The van der Waals surface area contributed by atoms with Crippen LogP contribution in [-0.4, -0.2) is 42.5 Å². The Morgan fingerprint density at radius 3 is 1.05 bits per heavy atom. The van der Waals surface area contributed by atoms with Gasteiger partial charge in [-0.1, -0.05) is 217 Å². The van der Waals surface area contributed by atoms with Crippen molar-refractivity contribution >= 4 is 0 Å². The van der Waals surface area contributed by atoms with Crippen molar-refractivity contribution in [3.05, 3.63) is 251 Å². The molecule has 3 atom stereocenters. The van der Waals surface area contributed by atoms with Gasteiger partial charge in [-0.2, -0.15) is 0 Å². The van der Waals surface area contributed by atoms with Gasteiger partial charge in [-0.05, 0) is 185 Å². The summed E-state index contributed by atoms with van der Waals surface area (Å²) in [6, 6.07) is 82.0. The summed E-state index contributed by atoms with van der Waals surface area (Å²) in [5.74, 6) is 1.83. The normalized spacial score (nSPS) is 23.1. The van der Waals surface area contributed by atoms with Crippen molar-refractivity contribution < 1.29 is 0 Å². The van der Waals surface area contributed by atoms with E-state index in [2.05, 4.69) is 243 Å². The minimum Gasteiger partial charge on any atom is -0.302 e. The fourth-order valence-electron chi connectivity index (χ4n) is 13.8. The van der Waals surface area contributed by atoms with E-state index in [4.69, 9.17) is 0 Å². The van der Waals surface area contributed by atoms with E-state index in [1.807, 2.05) is 0 Å². The Hall–Kier alpha value is -7.10. The highest BCUT2D eigenvalue weighted by Crippen LogP contribution is 2.52. The zero-order valence-electron chi connectivity index (χ0n) is 42.8. The third kappa shape index (κ3) is 8.69. The van der Waals surface area contributed by atoms with Crippen LogP contribution in [0, 0.1) is 32.6 Å². The van der Waals surface area contributed by atoms with Crippen molar-refractivity contribution in [2.75, 3.05) is 32.7 Å². The second-order valence-electron chi connectivity index (χ2n) is 22.2. The topological polar surface area (TPSA) is 6.48 Å². The van der Waals surface area contributed by atoms with Gasteiger partial charge >= 0.3 is 0 Å². The number of aryl methyl sites for hydroxylation is 3. The monoisotopic (exact) mass is 947 g/mol. The van der Waals surface area contributed by atoms with Crippen LogP contribution in [0.25, 0.3) is 66.8 Å². The molecule has 73 heavy (non-hydrogen) atoms. The molecule has 2 nitrogen and oxygen atoms in total. The predicted molar refractivity (Wildman–Crippen MR) is 306 cm³/mol. The molecule has 6 aliphatic heterocycles. The number of nitrogens with zero attached hydrogens (tertiary/aromatic N) is 2. The lowest BCUT2D eigenvalue weighted by atomic mass is 9.59. The van der Waals surface area contributed by atoms with Crippen molar-refractivity contribution in [3.63, 3.8) is 0 Å². The van der Waals surface area contributed by atoms with Crippen molar-refractivity contribution in [3.8, 4) is 66.8 Å². The minimum atomic E-state index is -0.0193. The van der Waals surface area contributed by atoms with Gasteiger partial charge in [0.2, 0.25) is 0 Å². The molecule has 2 heteroatoms. The number of benzene rings is 9. The summed E-state index contributed by atoms with van der Waals surface area (Å²) in [6.45, 7) is 12.4. The third-order valence-electron chi connectivity index (χ3n) is 17.9. The van der Waals surface area contributed by atoms with E-state index in [9.17, 15) is 0 Å². The molecule has 6 saturated heterocycles. The van der Waals surface area contributed by atoms with Gasteiger partial charge in [0, 0.05) is 23.9 Å². The summed E-state index contributed by atoms with van der Waals surface area (Å²) < 4.78 is 0. The fraction of sp³-hybridized carbons (Fsp3) is 0.239. The van der Waals surface area contributed by atoms with Gasteiger partial charge in [0.25, 0.3) is 0 Å². The van der Waals surface area contributed by atoms with Crippen molar-refractivity contribution in [1.82, 2.24) is 9.80 Å². The lowest BCUT2D eigenvalue weighted by molar-refractivity contribution is 0.0244. The van der Waals surface area contributed by atoms with Gasteiger partial charge in [0.05, 0.1) is 0 Å². The molecule has 6 aliphatic rings. The molecule has 6 fully saturated rings. The van der Waals surface area contributed by atoms with Crippen molar-refractivity contribution in [1.29, 1.82) is 0 Å². The molecule has 0 radical (unpaired) electrons. The highest BCUT2D eigenvalue weighted by molar-refractivity contribution is 5.76. The van der Waals surface area contributed by atoms with Crippen LogP contribution >= 0.6 is 0 Å². The Balaban J connectivity index is 0.736. The third-order valence-corrected chi connectivity index (χ3v) is 17.9. The first kappa shape index (κ1) is 45.7. The van der Waals surface area contributed by atoms with E-state index in [1.165, 1.54) is 158 Å². The van der Waals surface area contributed by atoms with Crippen LogP contribution in [0.15, 0.2) is 212 Å². The summed E-state index contributed by atoms with van der Waals surface area (Å²) in [4.78, 5) is 5.48. The van der Waals surface area contributed by atoms with Crippen LogP contribution in [0.3, 0.4) is 0 Å². The Kier molecular flexibility index (Phi) is 11.9. The van der Waals surface area contributed by atoms with E-state index in [0.29, 0.717) is 23.8 Å². The second-order valence-corrected chi connectivity index (χ2v) is 22.2. The van der Waals surface area contributed by atoms with E-state index >= 15 is 0 Å². The summed E-state index contributed by atoms with van der Waals surface area (Å²) in [5.41, 5.74) is 25.0. The van der Waals surface area contributed by atoms with Gasteiger partial charge < -0.3 is 4.90 Å². The number of piperidine rings is 6. The SMILES string of the molecule is Cc1ccc(-c2ccc(-c3ccc(C4C5CCN(CC5)C4c4ccc(-c5cc(C)cc(-c6ccc(C7(c8ccc(-c9ccc(-c%10ccc(C)cc%10)cc9)cc8)CN8CCC7CC8)cc6)c5)cc4)cc3)cc2)cc1. The van der Waals surface area contributed by atoms with E-state index < -0.39 is 0 Å². The molecule has 0 spiro atoms. The average molecular weight is 947 g/mol. The van der Waals surface area contributed by atoms with Crippen molar-refractivity contribution in [2.45, 2.75) is 63.8 Å². The lowest BCUT2D eigenvalue weighted by Crippen LogP contribution is -2.57. The number of hydrogen-bond acceptors (Lipinski definition) is 2. The first-order chi connectivity index (χ1) is 35.8. The molecule has 0 amide bonds.